The fourth-order valence-electron chi connectivity index (χ4n) is 2.22. The van der Waals surface area contributed by atoms with Gasteiger partial charge in [0.05, 0.1) is 11.2 Å². The highest BCUT2D eigenvalue weighted by Gasteiger charge is 2.10. The Balaban J connectivity index is 2.27. The fraction of sp³-hybridized carbons (Fsp3) is 0.0667. The molecule has 1 aromatic carbocycles. The smallest absolute Gasteiger partial charge is 0.140 e. The third-order valence-electron chi connectivity index (χ3n) is 3.12. The molecule has 4 heteroatoms. The summed E-state index contributed by atoms with van der Waals surface area (Å²) in [5.74, 6) is 0.867. The Morgan fingerprint density at radius 3 is 2.79 bits per heavy atom. The zero-order valence-corrected chi connectivity index (χ0v) is 11.3. The van der Waals surface area contributed by atoms with Crippen LogP contribution in [0.1, 0.15) is 11.3 Å². The molecule has 0 aliphatic heterocycles. The van der Waals surface area contributed by atoms with Crippen molar-refractivity contribution < 1.29 is 0 Å². The Labute approximate surface area is 116 Å². The summed E-state index contributed by atoms with van der Waals surface area (Å²) in [4.78, 5) is 5.08. The zero-order chi connectivity index (χ0) is 13.4. The SMILES string of the molecule is Cc1cc2ccccc2nc1-n1cccc1C(N)=S. The molecule has 0 bridgehead atoms. The van der Waals surface area contributed by atoms with Crippen LogP contribution in [0.3, 0.4) is 0 Å². The molecule has 0 aliphatic rings. The van der Waals surface area contributed by atoms with Gasteiger partial charge in [-0.05, 0) is 36.8 Å². The number of aryl methyl sites for hydroxylation is 1. The average Bonchev–Trinajstić information content (AvgIpc) is 2.87. The minimum absolute atomic E-state index is 0.374. The first kappa shape index (κ1) is 11.9. The number of rotatable bonds is 2. The Bertz CT molecular complexity index is 774. The van der Waals surface area contributed by atoms with Gasteiger partial charge < -0.3 is 5.73 Å². The average molecular weight is 267 g/mol. The van der Waals surface area contributed by atoms with E-state index in [0.29, 0.717) is 4.99 Å². The van der Waals surface area contributed by atoms with Crippen molar-refractivity contribution in [2.45, 2.75) is 6.92 Å². The summed E-state index contributed by atoms with van der Waals surface area (Å²) in [7, 11) is 0. The van der Waals surface area contributed by atoms with E-state index in [2.05, 4.69) is 12.1 Å². The number of benzene rings is 1. The summed E-state index contributed by atoms with van der Waals surface area (Å²) in [5.41, 5.74) is 8.60. The van der Waals surface area contributed by atoms with Crippen LogP contribution in [0.2, 0.25) is 0 Å². The van der Waals surface area contributed by atoms with Gasteiger partial charge in [-0.1, -0.05) is 30.4 Å². The van der Waals surface area contributed by atoms with Crippen molar-refractivity contribution >= 4 is 28.1 Å². The normalized spacial score (nSPS) is 10.8. The van der Waals surface area contributed by atoms with Gasteiger partial charge in [0.25, 0.3) is 0 Å². The zero-order valence-electron chi connectivity index (χ0n) is 10.5. The lowest BCUT2D eigenvalue weighted by atomic mass is 10.1. The molecule has 19 heavy (non-hydrogen) atoms. The summed E-state index contributed by atoms with van der Waals surface area (Å²) in [6, 6.07) is 14.0. The predicted octanol–water partition coefficient (Wildman–Crippen LogP) is 2.97. The number of para-hydroxylation sites is 1. The van der Waals surface area contributed by atoms with E-state index in [4.69, 9.17) is 22.9 Å². The first-order chi connectivity index (χ1) is 9.16. The summed E-state index contributed by atoms with van der Waals surface area (Å²) in [6.07, 6.45) is 1.93. The summed E-state index contributed by atoms with van der Waals surface area (Å²) >= 11 is 5.07. The highest BCUT2D eigenvalue weighted by atomic mass is 32.1. The second-order valence-electron chi connectivity index (χ2n) is 4.45. The second kappa shape index (κ2) is 4.48. The number of pyridine rings is 1. The fourth-order valence-corrected chi connectivity index (χ4v) is 2.39. The van der Waals surface area contributed by atoms with Crippen LogP contribution >= 0.6 is 12.2 Å². The molecule has 0 radical (unpaired) electrons. The molecule has 0 spiro atoms. The number of nitrogens with two attached hydrogens (primary N) is 1. The van der Waals surface area contributed by atoms with Gasteiger partial charge in [-0.3, -0.25) is 4.57 Å². The molecular formula is C15H13N3S. The van der Waals surface area contributed by atoms with Crippen LogP contribution in [0, 0.1) is 6.92 Å². The van der Waals surface area contributed by atoms with Crippen molar-refractivity contribution in [3.05, 3.63) is 59.9 Å². The van der Waals surface area contributed by atoms with Crippen molar-refractivity contribution in [3.63, 3.8) is 0 Å². The quantitative estimate of drug-likeness (QED) is 0.726. The van der Waals surface area contributed by atoms with Crippen LogP contribution < -0.4 is 5.73 Å². The maximum absolute atomic E-state index is 5.74. The van der Waals surface area contributed by atoms with Crippen molar-refractivity contribution in [1.29, 1.82) is 0 Å². The molecule has 0 saturated heterocycles. The van der Waals surface area contributed by atoms with Gasteiger partial charge >= 0.3 is 0 Å². The van der Waals surface area contributed by atoms with Gasteiger partial charge in [0.1, 0.15) is 10.8 Å². The number of nitrogens with zero attached hydrogens (tertiary/aromatic N) is 2. The van der Waals surface area contributed by atoms with Crippen LogP contribution in [0.4, 0.5) is 0 Å². The van der Waals surface area contributed by atoms with Crippen LogP contribution in [0.25, 0.3) is 16.7 Å². The molecule has 2 aromatic heterocycles. The minimum atomic E-state index is 0.374. The predicted molar refractivity (Wildman–Crippen MR) is 81.7 cm³/mol. The lowest BCUT2D eigenvalue weighted by molar-refractivity contribution is 0.992. The monoisotopic (exact) mass is 267 g/mol. The van der Waals surface area contributed by atoms with Crippen molar-refractivity contribution in [3.8, 4) is 5.82 Å². The standard InChI is InChI=1S/C15H13N3S/c1-10-9-11-5-2-3-6-12(11)17-15(10)18-8-4-7-13(18)14(16)19/h2-9H,1H3,(H2,16,19). The summed E-state index contributed by atoms with van der Waals surface area (Å²) in [5, 5.41) is 1.13. The molecule has 94 valence electrons. The second-order valence-corrected chi connectivity index (χ2v) is 4.89. The minimum Gasteiger partial charge on any atom is -0.388 e. The van der Waals surface area contributed by atoms with Gasteiger partial charge in [-0.25, -0.2) is 4.98 Å². The molecule has 0 amide bonds. The van der Waals surface area contributed by atoms with E-state index >= 15 is 0 Å². The number of aromatic nitrogens is 2. The molecule has 0 atom stereocenters. The summed E-state index contributed by atoms with van der Waals surface area (Å²) in [6.45, 7) is 2.04. The van der Waals surface area contributed by atoms with E-state index in [-0.39, 0.29) is 0 Å². The van der Waals surface area contributed by atoms with E-state index in [9.17, 15) is 0 Å². The number of hydrogen-bond acceptors (Lipinski definition) is 2. The first-order valence-corrected chi connectivity index (χ1v) is 6.41. The molecule has 3 rings (SSSR count). The van der Waals surface area contributed by atoms with Crippen LogP contribution in [-0.2, 0) is 0 Å². The highest BCUT2D eigenvalue weighted by Crippen LogP contribution is 2.20. The molecule has 0 aliphatic carbocycles. The van der Waals surface area contributed by atoms with Crippen LogP contribution in [-0.4, -0.2) is 14.5 Å². The van der Waals surface area contributed by atoms with Crippen LogP contribution in [0.15, 0.2) is 48.7 Å². The van der Waals surface area contributed by atoms with E-state index in [0.717, 1.165) is 28.0 Å². The van der Waals surface area contributed by atoms with Gasteiger partial charge in [0.15, 0.2) is 0 Å². The first-order valence-electron chi connectivity index (χ1n) is 6.01. The molecule has 2 heterocycles. The Hall–Kier alpha value is -2.20. The largest absolute Gasteiger partial charge is 0.388 e. The van der Waals surface area contributed by atoms with E-state index in [1.165, 1.54) is 0 Å². The number of hydrogen-bond donors (Lipinski definition) is 1. The van der Waals surface area contributed by atoms with Crippen molar-refractivity contribution in [1.82, 2.24) is 9.55 Å². The Kier molecular flexibility index (Phi) is 2.80. The maximum atomic E-state index is 5.74. The molecule has 0 fully saturated rings. The molecule has 0 saturated carbocycles. The van der Waals surface area contributed by atoms with E-state index < -0.39 is 0 Å². The highest BCUT2D eigenvalue weighted by molar-refractivity contribution is 7.80. The van der Waals surface area contributed by atoms with E-state index in [1.54, 1.807) is 0 Å². The summed E-state index contributed by atoms with van der Waals surface area (Å²) < 4.78 is 1.93. The lowest BCUT2D eigenvalue weighted by Gasteiger charge is -2.11. The van der Waals surface area contributed by atoms with E-state index in [1.807, 2.05) is 48.0 Å². The van der Waals surface area contributed by atoms with Crippen molar-refractivity contribution in [2.75, 3.05) is 0 Å². The van der Waals surface area contributed by atoms with Gasteiger partial charge in [0, 0.05) is 11.6 Å². The van der Waals surface area contributed by atoms with Gasteiger partial charge in [0.2, 0.25) is 0 Å². The third kappa shape index (κ3) is 2.00. The van der Waals surface area contributed by atoms with Gasteiger partial charge in [-0.2, -0.15) is 0 Å². The Morgan fingerprint density at radius 2 is 2.00 bits per heavy atom. The molecular weight excluding hydrogens is 254 g/mol. The molecule has 2 N–H and O–H groups in total. The molecule has 3 aromatic rings. The van der Waals surface area contributed by atoms with Gasteiger partial charge in [-0.15, -0.1) is 0 Å². The maximum Gasteiger partial charge on any atom is 0.140 e. The Morgan fingerprint density at radius 1 is 1.21 bits per heavy atom. The molecule has 0 unspecified atom stereocenters. The molecule has 3 nitrogen and oxygen atoms in total. The number of fused-ring (bicyclic) bond motifs is 1. The van der Waals surface area contributed by atoms with Crippen LogP contribution in [0.5, 0.6) is 0 Å². The number of thiocarbonyl (C=S) groups is 1. The topological polar surface area (TPSA) is 43.8 Å². The lowest BCUT2D eigenvalue weighted by Crippen LogP contribution is -2.15. The third-order valence-corrected chi connectivity index (χ3v) is 3.33. The van der Waals surface area contributed by atoms with Crippen molar-refractivity contribution in [2.24, 2.45) is 5.73 Å².